The van der Waals surface area contributed by atoms with Crippen molar-refractivity contribution in [2.24, 2.45) is 7.05 Å². The summed E-state index contributed by atoms with van der Waals surface area (Å²) < 4.78 is 41.5. The first-order chi connectivity index (χ1) is 14.6. The van der Waals surface area contributed by atoms with Gasteiger partial charge in [-0.05, 0) is 32.0 Å². The topological polar surface area (TPSA) is 106 Å². The third-order valence-electron chi connectivity index (χ3n) is 4.53. The number of aryl methyl sites for hydroxylation is 2. The van der Waals surface area contributed by atoms with E-state index < -0.39 is 23.7 Å². The Morgan fingerprint density at radius 1 is 1.06 bits per heavy atom. The zero-order chi connectivity index (χ0) is 22.8. The second kappa shape index (κ2) is 8.50. The number of urea groups is 1. The van der Waals surface area contributed by atoms with Gasteiger partial charge in [0, 0.05) is 19.3 Å². The van der Waals surface area contributed by atoms with Gasteiger partial charge in [-0.25, -0.2) is 4.79 Å². The van der Waals surface area contributed by atoms with E-state index in [1.165, 1.54) is 29.2 Å². The summed E-state index contributed by atoms with van der Waals surface area (Å²) in [6, 6.07) is 3.40. The molecule has 31 heavy (non-hydrogen) atoms. The fraction of sp³-hybridized carbons (Fsp3) is 0.263. The largest absolute Gasteiger partial charge is 0.416 e. The number of hydrogen-bond donors (Lipinski definition) is 3. The normalized spacial score (nSPS) is 11.3. The lowest BCUT2D eigenvalue weighted by molar-refractivity contribution is -0.137. The third kappa shape index (κ3) is 4.85. The van der Waals surface area contributed by atoms with Crippen LogP contribution in [0.4, 0.5) is 35.0 Å². The molecule has 0 atom stereocenters. The van der Waals surface area contributed by atoms with Crippen LogP contribution in [-0.2, 0) is 19.8 Å². The minimum Gasteiger partial charge on any atom is -0.318 e. The number of nitrogens with one attached hydrogen (secondary N) is 3. The monoisotopic (exact) mass is 435 g/mol. The number of carbonyl (C=O) groups is 2. The summed E-state index contributed by atoms with van der Waals surface area (Å²) in [5.41, 5.74) is 0.474. The maximum absolute atomic E-state index is 12.9. The summed E-state index contributed by atoms with van der Waals surface area (Å²) in [5, 5.41) is 15.6. The Kier molecular flexibility index (Phi) is 5.99. The molecule has 2 heterocycles. The van der Waals surface area contributed by atoms with Gasteiger partial charge < -0.3 is 16.0 Å². The molecule has 0 aliphatic rings. The van der Waals surface area contributed by atoms with E-state index in [0.717, 1.165) is 17.8 Å². The summed E-state index contributed by atoms with van der Waals surface area (Å²) >= 11 is 0. The Morgan fingerprint density at radius 3 is 2.39 bits per heavy atom. The van der Waals surface area contributed by atoms with Crippen LogP contribution in [0.1, 0.15) is 28.7 Å². The van der Waals surface area contributed by atoms with Gasteiger partial charge in [-0.2, -0.15) is 23.4 Å². The maximum atomic E-state index is 12.9. The van der Waals surface area contributed by atoms with Crippen LogP contribution < -0.4 is 16.0 Å². The smallest absolute Gasteiger partial charge is 0.318 e. The molecule has 9 nitrogen and oxygen atoms in total. The molecule has 164 valence electrons. The first-order valence-corrected chi connectivity index (χ1v) is 9.21. The average Bonchev–Trinajstić information content (AvgIpc) is 3.25. The lowest BCUT2D eigenvalue weighted by Gasteiger charge is -2.12. The van der Waals surface area contributed by atoms with E-state index in [0.29, 0.717) is 12.2 Å². The van der Waals surface area contributed by atoms with Crippen LogP contribution in [0.15, 0.2) is 36.7 Å². The molecule has 0 radical (unpaired) electrons. The number of rotatable bonds is 5. The second-order valence-corrected chi connectivity index (χ2v) is 6.60. The van der Waals surface area contributed by atoms with Crippen LogP contribution in [0.25, 0.3) is 0 Å². The van der Waals surface area contributed by atoms with Gasteiger partial charge in [-0.1, -0.05) is 6.07 Å². The van der Waals surface area contributed by atoms with Crippen LogP contribution >= 0.6 is 0 Å². The average molecular weight is 435 g/mol. The van der Waals surface area contributed by atoms with E-state index >= 15 is 0 Å². The van der Waals surface area contributed by atoms with Crippen molar-refractivity contribution in [2.45, 2.75) is 26.6 Å². The van der Waals surface area contributed by atoms with Gasteiger partial charge in [-0.15, -0.1) is 0 Å². The van der Waals surface area contributed by atoms with Crippen LogP contribution in [0.3, 0.4) is 0 Å². The highest BCUT2D eigenvalue weighted by Crippen LogP contribution is 2.30. The van der Waals surface area contributed by atoms with Crippen LogP contribution in [0, 0.1) is 6.92 Å². The molecule has 3 aromatic rings. The van der Waals surface area contributed by atoms with Crippen molar-refractivity contribution in [3.63, 3.8) is 0 Å². The fourth-order valence-electron chi connectivity index (χ4n) is 2.82. The lowest BCUT2D eigenvalue weighted by atomic mass is 10.2. The molecular weight excluding hydrogens is 415 g/mol. The van der Waals surface area contributed by atoms with Gasteiger partial charge in [0.05, 0.1) is 35.0 Å². The summed E-state index contributed by atoms with van der Waals surface area (Å²) in [7, 11) is 1.73. The molecule has 0 unspecified atom stereocenters. The Hall–Kier alpha value is -3.83. The summed E-state index contributed by atoms with van der Waals surface area (Å²) in [5.74, 6) is -0.523. The molecule has 12 heteroatoms. The Balaban J connectivity index is 1.78. The van der Waals surface area contributed by atoms with Crippen molar-refractivity contribution >= 4 is 29.0 Å². The molecule has 3 rings (SSSR count). The van der Waals surface area contributed by atoms with E-state index in [1.807, 2.05) is 0 Å². The Labute approximate surface area is 175 Å². The molecule has 0 fully saturated rings. The van der Waals surface area contributed by atoms with Crippen molar-refractivity contribution in [1.82, 2.24) is 19.6 Å². The molecule has 0 aliphatic heterocycles. The summed E-state index contributed by atoms with van der Waals surface area (Å²) in [6.07, 6.45) is -1.75. The van der Waals surface area contributed by atoms with E-state index in [1.54, 1.807) is 25.6 Å². The highest BCUT2D eigenvalue weighted by Gasteiger charge is 2.30. The molecule has 3 amide bonds. The molecule has 3 N–H and O–H groups in total. The first-order valence-electron chi connectivity index (χ1n) is 9.21. The number of halogens is 3. The van der Waals surface area contributed by atoms with Gasteiger partial charge in [0.1, 0.15) is 5.69 Å². The minimum atomic E-state index is -4.54. The highest BCUT2D eigenvalue weighted by atomic mass is 19.4. The minimum absolute atomic E-state index is 0.0489. The Morgan fingerprint density at radius 2 is 1.77 bits per heavy atom. The molecule has 1 aromatic carbocycles. The van der Waals surface area contributed by atoms with E-state index in [9.17, 15) is 22.8 Å². The number of anilines is 3. The fourth-order valence-corrected chi connectivity index (χ4v) is 2.82. The number of nitrogens with zero attached hydrogens (tertiary/aromatic N) is 4. The van der Waals surface area contributed by atoms with E-state index in [2.05, 4.69) is 26.1 Å². The molecule has 0 spiro atoms. The highest BCUT2D eigenvalue weighted by molar-refractivity contribution is 6.10. The number of carbonyl (C=O) groups excluding carboxylic acids is 2. The van der Waals surface area contributed by atoms with Crippen LogP contribution in [-0.4, -0.2) is 31.5 Å². The lowest BCUT2D eigenvalue weighted by Crippen LogP contribution is -2.24. The van der Waals surface area contributed by atoms with Gasteiger partial charge in [-0.3, -0.25) is 14.2 Å². The number of hydrogen-bond acceptors (Lipinski definition) is 4. The molecule has 0 saturated heterocycles. The predicted octanol–water partition coefficient (Wildman–Crippen LogP) is 3.86. The van der Waals surface area contributed by atoms with Gasteiger partial charge in [0.2, 0.25) is 0 Å². The summed E-state index contributed by atoms with van der Waals surface area (Å²) in [6.45, 7) is 3.90. The molecule has 2 aromatic heterocycles. The standard InChI is InChI=1S/C19H20F3N7O2/c1-4-29-16(17(30)26-14-9-23-28(3)11(14)2)15(10-24-29)27-18(31)25-13-7-5-6-12(8-13)19(20,21)22/h5-10H,4H2,1-3H3,(H,26,30)(H2,25,27,31). The third-order valence-corrected chi connectivity index (χ3v) is 4.53. The SMILES string of the molecule is CCn1ncc(NC(=O)Nc2cccc(C(F)(F)F)c2)c1C(=O)Nc1cnn(C)c1C. The first kappa shape index (κ1) is 21.9. The zero-order valence-electron chi connectivity index (χ0n) is 16.9. The van der Waals surface area contributed by atoms with Gasteiger partial charge in [0.15, 0.2) is 0 Å². The quantitative estimate of drug-likeness (QED) is 0.566. The van der Waals surface area contributed by atoms with Gasteiger partial charge >= 0.3 is 12.2 Å². The molecular formula is C19H20F3N7O2. The van der Waals surface area contributed by atoms with Crippen LogP contribution in [0.2, 0.25) is 0 Å². The van der Waals surface area contributed by atoms with E-state index in [-0.39, 0.29) is 17.1 Å². The van der Waals surface area contributed by atoms with Crippen molar-refractivity contribution in [3.8, 4) is 0 Å². The van der Waals surface area contributed by atoms with E-state index in [4.69, 9.17) is 0 Å². The molecule has 0 bridgehead atoms. The van der Waals surface area contributed by atoms with Crippen molar-refractivity contribution in [2.75, 3.05) is 16.0 Å². The second-order valence-electron chi connectivity index (χ2n) is 6.60. The van der Waals surface area contributed by atoms with Crippen molar-refractivity contribution < 1.29 is 22.8 Å². The van der Waals surface area contributed by atoms with Crippen LogP contribution in [0.5, 0.6) is 0 Å². The zero-order valence-corrected chi connectivity index (χ0v) is 16.9. The number of aromatic nitrogens is 4. The predicted molar refractivity (Wildman–Crippen MR) is 108 cm³/mol. The number of amides is 3. The number of benzene rings is 1. The molecule has 0 saturated carbocycles. The maximum Gasteiger partial charge on any atom is 0.416 e. The summed E-state index contributed by atoms with van der Waals surface area (Å²) in [4.78, 5) is 25.2. The molecule has 0 aliphatic carbocycles. The number of alkyl halides is 3. The van der Waals surface area contributed by atoms with Crippen molar-refractivity contribution in [3.05, 3.63) is 53.6 Å². The van der Waals surface area contributed by atoms with Crippen molar-refractivity contribution in [1.29, 1.82) is 0 Å². The van der Waals surface area contributed by atoms with Gasteiger partial charge in [0.25, 0.3) is 5.91 Å². The Bertz CT molecular complexity index is 1120.